The van der Waals surface area contributed by atoms with Gasteiger partial charge in [-0.2, -0.15) is 0 Å². The van der Waals surface area contributed by atoms with Gasteiger partial charge in [-0.25, -0.2) is 15.0 Å². The SMILES string of the molecule is CCN1CCN(C(=O)c2cnc(C)nc2C)C[C@@H]1c1ncc[nH]1. The van der Waals surface area contributed by atoms with Crippen LogP contribution < -0.4 is 0 Å². The number of rotatable bonds is 3. The molecule has 1 atom stereocenters. The molecular formula is C16H22N6O. The van der Waals surface area contributed by atoms with E-state index in [4.69, 9.17) is 0 Å². The Morgan fingerprint density at radius 2 is 2.17 bits per heavy atom. The smallest absolute Gasteiger partial charge is 0.257 e. The van der Waals surface area contributed by atoms with E-state index in [1.807, 2.05) is 24.9 Å². The highest BCUT2D eigenvalue weighted by Crippen LogP contribution is 2.23. The van der Waals surface area contributed by atoms with Gasteiger partial charge in [0.2, 0.25) is 0 Å². The summed E-state index contributed by atoms with van der Waals surface area (Å²) in [6.45, 7) is 8.90. The van der Waals surface area contributed by atoms with Crippen LogP contribution in [-0.4, -0.2) is 61.8 Å². The minimum absolute atomic E-state index is 0.00481. The van der Waals surface area contributed by atoms with Crippen molar-refractivity contribution in [3.8, 4) is 0 Å². The first-order chi connectivity index (χ1) is 11.1. The normalized spacial score (nSPS) is 19.1. The summed E-state index contributed by atoms with van der Waals surface area (Å²) in [6.07, 6.45) is 5.21. The molecule has 3 heterocycles. The molecule has 0 saturated carbocycles. The second kappa shape index (κ2) is 6.45. The molecule has 1 fully saturated rings. The Kier molecular flexibility index (Phi) is 4.38. The summed E-state index contributed by atoms with van der Waals surface area (Å²) in [5, 5.41) is 0. The van der Waals surface area contributed by atoms with Gasteiger partial charge in [0.1, 0.15) is 11.6 Å². The Hall–Kier alpha value is -2.28. The lowest BCUT2D eigenvalue weighted by Gasteiger charge is -2.40. The Labute approximate surface area is 135 Å². The fraction of sp³-hybridized carbons (Fsp3) is 0.500. The molecule has 1 aliphatic heterocycles. The Morgan fingerprint density at radius 3 is 2.83 bits per heavy atom. The monoisotopic (exact) mass is 314 g/mol. The number of carbonyl (C=O) groups is 1. The standard InChI is InChI=1S/C16H22N6O/c1-4-21-7-8-22(10-14(21)15-17-5-6-18-15)16(23)13-9-19-12(3)20-11(13)2/h5-6,9,14H,4,7-8,10H2,1-3H3,(H,17,18)/t14-/m1/s1. The number of H-pyrrole nitrogens is 1. The average molecular weight is 314 g/mol. The van der Waals surface area contributed by atoms with Crippen LogP contribution in [0.5, 0.6) is 0 Å². The van der Waals surface area contributed by atoms with Gasteiger partial charge in [-0.3, -0.25) is 9.69 Å². The topological polar surface area (TPSA) is 78.0 Å². The molecule has 1 saturated heterocycles. The van der Waals surface area contributed by atoms with Crippen LogP contribution in [0.3, 0.4) is 0 Å². The van der Waals surface area contributed by atoms with Gasteiger partial charge in [-0.05, 0) is 20.4 Å². The molecule has 3 rings (SSSR count). The van der Waals surface area contributed by atoms with E-state index in [-0.39, 0.29) is 11.9 Å². The van der Waals surface area contributed by atoms with Crippen LogP contribution in [-0.2, 0) is 0 Å². The number of likely N-dealkylation sites (N-methyl/N-ethyl adjacent to an activating group) is 1. The third-order valence-corrected chi connectivity index (χ3v) is 4.35. The first-order valence-electron chi connectivity index (χ1n) is 7.93. The third kappa shape index (κ3) is 3.10. The van der Waals surface area contributed by atoms with Gasteiger partial charge in [-0.1, -0.05) is 6.92 Å². The molecule has 0 aromatic carbocycles. The van der Waals surface area contributed by atoms with Crippen LogP contribution in [0.1, 0.15) is 40.7 Å². The number of aromatic nitrogens is 4. The van der Waals surface area contributed by atoms with Crippen molar-refractivity contribution in [2.24, 2.45) is 0 Å². The summed E-state index contributed by atoms with van der Waals surface area (Å²) >= 11 is 0. The molecule has 1 N–H and O–H groups in total. The average Bonchev–Trinajstić information content (AvgIpc) is 3.08. The lowest BCUT2D eigenvalue weighted by molar-refractivity contribution is 0.0478. The van der Waals surface area contributed by atoms with Crippen molar-refractivity contribution in [1.82, 2.24) is 29.7 Å². The zero-order valence-corrected chi connectivity index (χ0v) is 13.8. The van der Waals surface area contributed by atoms with Crippen molar-refractivity contribution >= 4 is 5.91 Å². The second-order valence-electron chi connectivity index (χ2n) is 5.79. The number of carbonyl (C=O) groups excluding carboxylic acids is 1. The summed E-state index contributed by atoms with van der Waals surface area (Å²) in [5.74, 6) is 1.58. The van der Waals surface area contributed by atoms with Gasteiger partial charge in [0.05, 0.1) is 17.3 Å². The number of aryl methyl sites for hydroxylation is 2. The van der Waals surface area contributed by atoms with Gasteiger partial charge in [0.25, 0.3) is 5.91 Å². The molecule has 1 aliphatic rings. The highest BCUT2D eigenvalue weighted by Gasteiger charge is 2.32. The molecule has 23 heavy (non-hydrogen) atoms. The molecule has 7 heteroatoms. The minimum atomic E-state index is -0.00481. The first kappa shape index (κ1) is 15.6. The largest absolute Gasteiger partial charge is 0.347 e. The first-order valence-corrected chi connectivity index (χ1v) is 7.93. The van der Waals surface area contributed by atoms with E-state index < -0.39 is 0 Å². The van der Waals surface area contributed by atoms with E-state index in [0.29, 0.717) is 24.5 Å². The summed E-state index contributed by atoms with van der Waals surface area (Å²) in [6, 6.07) is 0.0966. The molecule has 122 valence electrons. The Morgan fingerprint density at radius 1 is 1.35 bits per heavy atom. The predicted molar refractivity (Wildman–Crippen MR) is 86.0 cm³/mol. The van der Waals surface area contributed by atoms with Gasteiger partial charge in [0, 0.05) is 38.2 Å². The zero-order valence-electron chi connectivity index (χ0n) is 13.8. The van der Waals surface area contributed by atoms with Crippen molar-refractivity contribution in [3.05, 3.63) is 41.5 Å². The molecule has 7 nitrogen and oxygen atoms in total. The molecule has 0 unspecified atom stereocenters. The lowest BCUT2D eigenvalue weighted by Crippen LogP contribution is -2.50. The summed E-state index contributed by atoms with van der Waals surface area (Å²) in [5.41, 5.74) is 1.31. The van der Waals surface area contributed by atoms with E-state index in [2.05, 4.69) is 31.8 Å². The molecule has 0 bridgehead atoms. The maximum Gasteiger partial charge on any atom is 0.257 e. The van der Waals surface area contributed by atoms with Crippen molar-refractivity contribution < 1.29 is 4.79 Å². The van der Waals surface area contributed by atoms with Crippen molar-refractivity contribution in [1.29, 1.82) is 0 Å². The van der Waals surface area contributed by atoms with Crippen LogP contribution in [0, 0.1) is 13.8 Å². The fourth-order valence-corrected chi connectivity index (χ4v) is 3.07. The maximum absolute atomic E-state index is 12.8. The van der Waals surface area contributed by atoms with Crippen LogP contribution in [0.2, 0.25) is 0 Å². The van der Waals surface area contributed by atoms with E-state index in [1.165, 1.54) is 0 Å². The maximum atomic E-state index is 12.8. The number of nitrogens with zero attached hydrogens (tertiary/aromatic N) is 5. The zero-order chi connectivity index (χ0) is 16.4. The molecule has 0 radical (unpaired) electrons. The molecule has 2 aromatic rings. The highest BCUT2D eigenvalue weighted by atomic mass is 16.2. The summed E-state index contributed by atoms with van der Waals surface area (Å²) < 4.78 is 0. The van der Waals surface area contributed by atoms with Crippen LogP contribution in [0.4, 0.5) is 0 Å². The molecule has 1 amide bonds. The molecule has 2 aromatic heterocycles. The number of aromatic amines is 1. The third-order valence-electron chi connectivity index (χ3n) is 4.35. The number of hydrogen-bond donors (Lipinski definition) is 1. The number of nitrogens with one attached hydrogen (secondary N) is 1. The van der Waals surface area contributed by atoms with Crippen molar-refractivity contribution in [2.75, 3.05) is 26.2 Å². The van der Waals surface area contributed by atoms with Crippen molar-refractivity contribution in [3.63, 3.8) is 0 Å². The van der Waals surface area contributed by atoms with Crippen molar-refractivity contribution in [2.45, 2.75) is 26.8 Å². The Balaban J connectivity index is 1.82. The second-order valence-corrected chi connectivity index (χ2v) is 5.79. The summed E-state index contributed by atoms with van der Waals surface area (Å²) in [7, 11) is 0. The number of piperazine rings is 1. The van der Waals surface area contributed by atoms with Crippen LogP contribution in [0.15, 0.2) is 18.6 Å². The van der Waals surface area contributed by atoms with Gasteiger partial charge < -0.3 is 9.88 Å². The lowest BCUT2D eigenvalue weighted by atomic mass is 10.1. The number of amides is 1. The predicted octanol–water partition coefficient (Wildman–Crippen LogP) is 1.34. The van der Waals surface area contributed by atoms with E-state index in [9.17, 15) is 4.79 Å². The number of imidazole rings is 1. The number of hydrogen-bond acceptors (Lipinski definition) is 5. The van der Waals surface area contributed by atoms with Gasteiger partial charge in [-0.15, -0.1) is 0 Å². The van der Waals surface area contributed by atoms with Gasteiger partial charge in [0.15, 0.2) is 0 Å². The van der Waals surface area contributed by atoms with E-state index >= 15 is 0 Å². The molecule has 0 aliphatic carbocycles. The van der Waals surface area contributed by atoms with Gasteiger partial charge >= 0.3 is 0 Å². The summed E-state index contributed by atoms with van der Waals surface area (Å²) in [4.78, 5) is 33.1. The highest BCUT2D eigenvalue weighted by molar-refractivity contribution is 5.95. The minimum Gasteiger partial charge on any atom is -0.347 e. The van der Waals surface area contributed by atoms with Crippen LogP contribution >= 0.6 is 0 Å². The van der Waals surface area contributed by atoms with Crippen LogP contribution in [0.25, 0.3) is 0 Å². The quantitative estimate of drug-likeness (QED) is 0.925. The van der Waals surface area contributed by atoms with E-state index in [0.717, 1.165) is 24.6 Å². The molecular weight excluding hydrogens is 292 g/mol. The van der Waals surface area contributed by atoms with E-state index in [1.54, 1.807) is 12.4 Å². The Bertz CT molecular complexity index is 684. The fourth-order valence-electron chi connectivity index (χ4n) is 3.07. The molecule has 0 spiro atoms.